The van der Waals surface area contributed by atoms with Crippen molar-refractivity contribution in [3.05, 3.63) is 40.4 Å². The minimum atomic E-state index is -3.51. The van der Waals surface area contributed by atoms with E-state index in [4.69, 9.17) is 11.6 Å². The fourth-order valence-electron chi connectivity index (χ4n) is 3.48. The number of hydrogen-bond acceptors (Lipinski definition) is 6. The number of pyridine rings is 1. The van der Waals surface area contributed by atoms with Crippen LogP contribution in [0.4, 0.5) is 0 Å². The van der Waals surface area contributed by atoms with E-state index < -0.39 is 10.0 Å². The van der Waals surface area contributed by atoms with E-state index in [-0.39, 0.29) is 8.68 Å². The minimum absolute atomic E-state index is 0.208. The van der Waals surface area contributed by atoms with Gasteiger partial charge in [0.05, 0.1) is 6.20 Å². The Morgan fingerprint density at radius 2 is 2.08 bits per heavy atom. The first kappa shape index (κ1) is 17.8. The van der Waals surface area contributed by atoms with Crippen molar-refractivity contribution in [2.45, 2.75) is 36.3 Å². The van der Waals surface area contributed by atoms with Crippen LogP contribution >= 0.6 is 22.9 Å². The van der Waals surface area contributed by atoms with Gasteiger partial charge in [-0.15, -0.1) is 0 Å². The lowest BCUT2D eigenvalue weighted by molar-refractivity contribution is 0.319. The third kappa shape index (κ3) is 3.13. The molecule has 0 bridgehead atoms. The molecule has 0 amide bonds. The Labute approximate surface area is 160 Å². The highest BCUT2D eigenvalue weighted by molar-refractivity contribution is 7.91. The van der Waals surface area contributed by atoms with Gasteiger partial charge < -0.3 is 0 Å². The molecule has 1 saturated heterocycles. The molecule has 0 aliphatic carbocycles. The van der Waals surface area contributed by atoms with Gasteiger partial charge in [0.25, 0.3) is 10.0 Å². The van der Waals surface area contributed by atoms with Crippen molar-refractivity contribution in [3.63, 3.8) is 0 Å². The smallest absolute Gasteiger partial charge is 0.232 e. The van der Waals surface area contributed by atoms with Gasteiger partial charge in [0.2, 0.25) is 0 Å². The molecule has 0 unspecified atom stereocenters. The van der Waals surface area contributed by atoms with Crippen molar-refractivity contribution in [2.24, 2.45) is 0 Å². The second-order valence-electron chi connectivity index (χ2n) is 6.28. The molecule has 0 N–H and O–H groups in total. The Morgan fingerprint density at radius 3 is 2.73 bits per heavy atom. The number of aromatic nitrogens is 4. The van der Waals surface area contributed by atoms with Gasteiger partial charge in [0.1, 0.15) is 6.33 Å². The Morgan fingerprint density at radius 1 is 1.31 bits per heavy atom. The van der Waals surface area contributed by atoms with Crippen LogP contribution < -0.4 is 0 Å². The first-order chi connectivity index (χ1) is 12.5. The summed E-state index contributed by atoms with van der Waals surface area (Å²) in [5, 5.41) is 4.23. The number of rotatable bonds is 4. The molecule has 26 heavy (non-hydrogen) atoms. The fraction of sp³-hybridized carbons (Fsp3) is 0.438. The van der Waals surface area contributed by atoms with Crippen LogP contribution in [0.15, 0.2) is 29.0 Å². The Bertz CT molecular complexity index is 1040. The number of hydrogen-bond donors (Lipinski definition) is 0. The van der Waals surface area contributed by atoms with Crippen LogP contribution in [0.25, 0.3) is 5.65 Å². The van der Waals surface area contributed by atoms with E-state index >= 15 is 0 Å². The topological polar surface area (TPSA) is 80.5 Å². The molecule has 0 radical (unpaired) electrons. The van der Waals surface area contributed by atoms with Gasteiger partial charge in [0.15, 0.2) is 14.3 Å². The SMILES string of the molecule is CCc1cc2ncnn2cc1C1CCN(S(=O)(=O)c2cnc(Cl)s2)CC1. The summed E-state index contributed by atoms with van der Waals surface area (Å²) in [7, 11) is -3.51. The Balaban J connectivity index is 1.55. The number of piperidine rings is 1. The minimum Gasteiger partial charge on any atom is -0.232 e. The number of thiazole rings is 1. The van der Waals surface area contributed by atoms with E-state index in [9.17, 15) is 8.42 Å². The molecule has 0 atom stereocenters. The average Bonchev–Trinajstić information content (AvgIpc) is 3.29. The van der Waals surface area contributed by atoms with Crippen LogP contribution in [0.2, 0.25) is 4.47 Å². The molecule has 0 aromatic carbocycles. The van der Waals surface area contributed by atoms with Crippen LogP contribution in [0.1, 0.15) is 36.8 Å². The van der Waals surface area contributed by atoms with Gasteiger partial charge in [0, 0.05) is 19.3 Å². The molecule has 3 aromatic rings. The normalized spacial score (nSPS) is 17.2. The fourth-order valence-corrected chi connectivity index (χ4v) is 6.40. The maximum Gasteiger partial charge on any atom is 0.254 e. The average molecular weight is 412 g/mol. The van der Waals surface area contributed by atoms with Gasteiger partial charge >= 0.3 is 0 Å². The second-order valence-corrected chi connectivity index (χ2v) is 10.1. The van der Waals surface area contributed by atoms with Crippen LogP contribution in [-0.4, -0.2) is 45.4 Å². The van der Waals surface area contributed by atoms with Crippen LogP contribution in [0.3, 0.4) is 0 Å². The number of halogens is 1. The molecule has 10 heteroatoms. The van der Waals surface area contributed by atoms with Gasteiger partial charge in [-0.3, -0.25) is 0 Å². The molecule has 0 spiro atoms. The van der Waals surface area contributed by atoms with Gasteiger partial charge in [-0.2, -0.15) is 9.40 Å². The molecule has 138 valence electrons. The molecule has 3 aromatic heterocycles. The van der Waals surface area contributed by atoms with E-state index in [1.54, 1.807) is 10.8 Å². The third-order valence-electron chi connectivity index (χ3n) is 4.86. The number of nitrogens with zero attached hydrogens (tertiary/aromatic N) is 5. The predicted octanol–water partition coefficient (Wildman–Crippen LogP) is 2.97. The summed E-state index contributed by atoms with van der Waals surface area (Å²) in [6, 6.07) is 2.07. The summed E-state index contributed by atoms with van der Waals surface area (Å²) in [6.45, 7) is 3.10. The summed E-state index contributed by atoms with van der Waals surface area (Å²) in [5.74, 6) is 0.315. The highest BCUT2D eigenvalue weighted by Gasteiger charge is 2.32. The van der Waals surface area contributed by atoms with Crippen molar-refractivity contribution >= 4 is 38.6 Å². The molecule has 4 rings (SSSR count). The summed E-state index contributed by atoms with van der Waals surface area (Å²) >= 11 is 6.79. The predicted molar refractivity (Wildman–Crippen MR) is 100 cm³/mol. The number of fused-ring (bicyclic) bond motifs is 1. The van der Waals surface area contributed by atoms with Crippen LogP contribution in [0.5, 0.6) is 0 Å². The van der Waals surface area contributed by atoms with Crippen LogP contribution in [-0.2, 0) is 16.4 Å². The highest BCUT2D eigenvalue weighted by atomic mass is 35.5. The zero-order chi connectivity index (χ0) is 18.3. The summed E-state index contributed by atoms with van der Waals surface area (Å²) < 4.78 is 29.2. The summed E-state index contributed by atoms with van der Waals surface area (Å²) in [5.41, 5.74) is 3.33. The summed E-state index contributed by atoms with van der Waals surface area (Å²) in [4.78, 5) is 8.09. The zero-order valence-electron chi connectivity index (χ0n) is 14.2. The molecule has 1 aliphatic rings. The molecular weight excluding hydrogens is 394 g/mol. The van der Waals surface area contributed by atoms with E-state index in [1.807, 2.05) is 6.20 Å². The zero-order valence-corrected chi connectivity index (χ0v) is 16.6. The number of sulfonamides is 1. The van der Waals surface area contributed by atoms with Gasteiger partial charge in [-0.25, -0.2) is 22.9 Å². The van der Waals surface area contributed by atoms with Crippen molar-refractivity contribution < 1.29 is 8.42 Å². The van der Waals surface area contributed by atoms with E-state index in [0.717, 1.165) is 36.2 Å². The molecule has 4 heterocycles. The van der Waals surface area contributed by atoms with E-state index in [2.05, 4.69) is 28.1 Å². The van der Waals surface area contributed by atoms with Crippen molar-refractivity contribution in [2.75, 3.05) is 13.1 Å². The van der Waals surface area contributed by atoms with Gasteiger partial charge in [-0.05, 0) is 42.4 Å². The second kappa shape index (κ2) is 6.88. The van der Waals surface area contributed by atoms with Crippen LogP contribution in [0, 0.1) is 0 Å². The Hall–Kier alpha value is -1.55. The summed E-state index contributed by atoms with van der Waals surface area (Å²) in [6.07, 6.45) is 7.39. The first-order valence-electron chi connectivity index (χ1n) is 8.42. The van der Waals surface area contributed by atoms with E-state index in [1.165, 1.54) is 21.6 Å². The lowest BCUT2D eigenvalue weighted by Crippen LogP contribution is -2.37. The molecule has 0 saturated carbocycles. The van der Waals surface area contributed by atoms with Crippen molar-refractivity contribution in [1.29, 1.82) is 0 Å². The monoisotopic (exact) mass is 411 g/mol. The molecular formula is C16H18ClN5O2S2. The first-order valence-corrected chi connectivity index (χ1v) is 11.1. The maximum atomic E-state index is 12.7. The highest BCUT2D eigenvalue weighted by Crippen LogP contribution is 2.34. The van der Waals surface area contributed by atoms with Gasteiger partial charge in [-0.1, -0.05) is 29.9 Å². The molecule has 1 aliphatic heterocycles. The quantitative estimate of drug-likeness (QED) is 0.659. The lowest BCUT2D eigenvalue weighted by Gasteiger charge is -2.31. The largest absolute Gasteiger partial charge is 0.254 e. The van der Waals surface area contributed by atoms with Crippen molar-refractivity contribution in [3.8, 4) is 0 Å². The Kier molecular flexibility index (Phi) is 4.72. The van der Waals surface area contributed by atoms with E-state index in [0.29, 0.717) is 19.0 Å². The van der Waals surface area contributed by atoms with Crippen molar-refractivity contribution in [1.82, 2.24) is 23.9 Å². The lowest BCUT2D eigenvalue weighted by atomic mass is 9.87. The third-order valence-corrected chi connectivity index (χ3v) is 8.31. The molecule has 7 nitrogen and oxygen atoms in total. The molecule has 1 fully saturated rings. The standard InChI is InChI=1S/C16H18ClN5O2S2/c1-2-11-7-14-19-10-20-22(14)9-13(11)12-3-5-21(6-4-12)26(23,24)15-8-18-16(17)25-15/h7-10,12H,2-6H2,1H3. The number of aryl methyl sites for hydroxylation is 1. The maximum absolute atomic E-state index is 12.7.